The summed E-state index contributed by atoms with van der Waals surface area (Å²) < 4.78 is 31.1. The van der Waals surface area contributed by atoms with Crippen molar-refractivity contribution in [3.8, 4) is 0 Å². The van der Waals surface area contributed by atoms with E-state index in [-0.39, 0.29) is 9.80 Å². The molecule has 2 N–H and O–H groups in total. The van der Waals surface area contributed by atoms with Crippen molar-refractivity contribution in [1.29, 1.82) is 0 Å². The number of methoxy groups -OCH3 is 1. The summed E-state index contributed by atoms with van der Waals surface area (Å²) in [5.74, 6) is -0.518. The Hall–Kier alpha value is -1.86. The largest absolute Gasteiger partial charge is 0.361 e. The summed E-state index contributed by atoms with van der Waals surface area (Å²) in [4.78, 5) is 12.1. The van der Waals surface area contributed by atoms with Gasteiger partial charge in [0, 0.05) is 18.7 Å². The Morgan fingerprint density at radius 2 is 1.73 bits per heavy atom. The molecule has 0 aromatic heterocycles. The Morgan fingerprint density at radius 1 is 1.14 bits per heavy atom. The third kappa shape index (κ3) is 3.00. The van der Waals surface area contributed by atoms with Gasteiger partial charge < -0.3 is 15.4 Å². The highest BCUT2D eigenvalue weighted by molar-refractivity contribution is 7.95. The number of nitrogens with one attached hydrogen (secondary N) is 2. The second-order valence-electron chi connectivity index (χ2n) is 5.35. The van der Waals surface area contributed by atoms with Crippen molar-refractivity contribution in [3.63, 3.8) is 0 Å². The van der Waals surface area contributed by atoms with E-state index in [4.69, 9.17) is 4.74 Å². The lowest BCUT2D eigenvalue weighted by atomic mass is 10.1. The molecule has 0 spiro atoms. The monoisotopic (exact) mass is 324 g/mol. The van der Waals surface area contributed by atoms with Gasteiger partial charge in [0.1, 0.15) is 6.23 Å². The number of benzene rings is 1. The molecular formula is C15H20N2O4S. The number of carbonyl (C=O) groups is 1. The number of carbonyl (C=O) groups excluding carboxylic acids is 1. The number of aryl methyl sites for hydroxylation is 1. The molecule has 1 aliphatic heterocycles. The molecular weight excluding hydrogens is 304 g/mol. The van der Waals surface area contributed by atoms with Gasteiger partial charge in [-0.3, -0.25) is 0 Å². The van der Waals surface area contributed by atoms with Crippen molar-refractivity contribution in [2.24, 2.45) is 5.92 Å². The minimum absolute atomic E-state index is 0.154. The first kappa shape index (κ1) is 16.5. The second kappa shape index (κ2) is 6.10. The third-order valence-corrected chi connectivity index (χ3v) is 5.84. The van der Waals surface area contributed by atoms with Gasteiger partial charge in [-0.25, -0.2) is 13.2 Å². The zero-order chi connectivity index (χ0) is 16.5. The molecule has 0 radical (unpaired) electrons. The number of allylic oxidation sites excluding steroid dienone is 1. The number of sulfone groups is 1. The predicted octanol–water partition coefficient (Wildman–Crippen LogP) is 1.92. The maximum atomic E-state index is 12.9. The van der Waals surface area contributed by atoms with Gasteiger partial charge in [0.25, 0.3) is 0 Å². The van der Waals surface area contributed by atoms with Gasteiger partial charge in [0.2, 0.25) is 9.84 Å². The van der Waals surface area contributed by atoms with Crippen LogP contribution in [0, 0.1) is 12.8 Å². The minimum atomic E-state index is -3.72. The van der Waals surface area contributed by atoms with E-state index in [0.717, 1.165) is 5.56 Å². The van der Waals surface area contributed by atoms with E-state index >= 15 is 0 Å². The average molecular weight is 324 g/mol. The Kier molecular flexibility index (Phi) is 4.58. The van der Waals surface area contributed by atoms with Crippen LogP contribution in [0.2, 0.25) is 0 Å². The number of urea groups is 1. The Morgan fingerprint density at radius 3 is 2.27 bits per heavy atom. The lowest BCUT2D eigenvalue weighted by Crippen LogP contribution is -2.43. The fourth-order valence-corrected chi connectivity index (χ4v) is 4.37. The summed E-state index contributed by atoms with van der Waals surface area (Å²) in [5.41, 5.74) is 1.29. The van der Waals surface area contributed by atoms with Crippen molar-refractivity contribution in [2.75, 3.05) is 7.11 Å². The Labute approximate surface area is 130 Å². The molecule has 0 saturated heterocycles. The SMILES string of the molecule is CO[C@H]1NC(=O)NC(C)=C(S(=O)(=O)c2ccc(C)cc2)[C@@H]1C. The predicted molar refractivity (Wildman–Crippen MR) is 82.7 cm³/mol. The molecule has 1 aliphatic rings. The van der Waals surface area contributed by atoms with Crippen LogP contribution < -0.4 is 10.6 Å². The lowest BCUT2D eigenvalue weighted by Gasteiger charge is -2.23. The number of amides is 2. The second-order valence-corrected chi connectivity index (χ2v) is 7.27. The fraction of sp³-hybridized carbons (Fsp3) is 0.400. The molecule has 7 heteroatoms. The highest BCUT2D eigenvalue weighted by atomic mass is 32.2. The molecule has 0 aliphatic carbocycles. The average Bonchev–Trinajstić information content (AvgIpc) is 2.55. The molecule has 2 atom stereocenters. The highest BCUT2D eigenvalue weighted by Crippen LogP contribution is 2.31. The zero-order valence-corrected chi connectivity index (χ0v) is 13.8. The highest BCUT2D eigenvalue weighted by Gasteiger charge is 2.36. The standard InChI is InChI=1S/C15H20N2O4S/c1-9-5-7-12(8-6-9)22(19,20)13-10(2)14(21-4)17-15(18)16-11(13)3/h5-8,10,14H,1-4H3,(H2,16,17,18)/t10-,14+/m0/s1. The van der Waals surface area contributed by atoms with E-state index < -0.39 is 28.0 Å². The maximum Gasteiger partial charge on any atom is 0.321 e. The van der Waals surface area contributed by atoms with Crippen LogP contribution in [0.1, 0.15) is 19.4 Å². The van der Waals surface area contributed by atoms with Crippen molar-refractivity contribution < 1.29 is 17.9 Å². The molecule has 0 fully saturated rings. The molecule has 0 saturated carbocycles. The quantitative estimate of drug-likeness (QED) is 0.889. The molecule has 22 heavy (non-hydrogen) atoms. The molecule has 120 valence electrons. The van der Waals surface area contributed by atoms with Crippen molar-refractivity contribution >= 4 is 15.9 Å². The van der Waals surface area contributed by atoms with Gasteiger partial charge in [0.15, 0.2) is 0 Å². The molecule has 0 unspecified atom stereocenters. The van der Waals surface area contributed by atoms with Crippen molar-refractivity contribution in [2.45, 2.75) is 31.9 Å². The fourth-order valence-electron chi connectivity index (χ4n) is 2.55. The third-order valence-electron chi connectivity index (χ3n) is 3.69. The van der Waals surface area contributed by atoms with E-state index in [1.807, 2.05) is 6.92 Å². The van der Waals surface area contributed by atoms with E-state index in [2.05, 4.69) is 10.6 Å². The van der Waals surface area contributed by atoms with Gasteiger partial charge in [-0.05, 0) is 26.0 Å². The molecule has 2 rings (SSSR count). The molecule has 6 nitrogen and oxygen atoms in total. The summed E-state index contributed by atoms with van der Waals surface area (Å²) in [6.07, 6.45) is -0.715. The summed E-state index contributed by atoms with van der Waals surface area (Å²) in [5, 5.41) is 5.14. The van der Waals surface area contributed by atoms with Crippen LogP contribution in [0.15, 0.2) is 39.8 Å². The smallest absolute Gasteiger partial charge is 0.321 e. The van der Waals surface area contributed by atoms with Gasteiger partial charge in [0.05, 0.1) is 9.80 Å². The van der Waals surface area contributed by atoms with E-state index in [1.165, 1.54) is 7.11 Å². The Balaban J connectivity index is 2.57. The Bertz CT molecular complexity index is 708. The van der Waals surface area contributed by atoms with Gasteiger partial charge in [-0.1, -0.05) is 24.6 Å². The molecule has 1 heterocycles. The number of ether oxygens (including phenoxy) is 1. The van der Waals surface area contributed by atoms with Crippen LogP contribution in [0.4, 0.5) is 4.79 Å². The van der Waals surface area contributed by atoms with E-state index in [0.29, 0.717) is 5.70 Å². The number of hydrogen-bond donors (Lipinski definition) is 2. The lowest BCUT2D eigenvalue weighted by molar-refractivity contribution is 0.0552. The van der Waals surface area contributed by atoms with Crippen LogP contribution in [0.5, 0.6) is 0 Å². The van der Waals surface area contributed by atoms with Crippen LogP contribution in [-0.4, -0.2) is 27.8 Å². The minimum Gasteiger partial charge on any atom is -0.361 e. The summed E-state index contributed by atoms with van der Waals surface area (Å²) in [6, 6.07) is 6.15. The number of rotatable bonds is 3. The number of hydrogen-bond acceptors (Lipinski definition) is 4. The molecule has 0 bridgehead atoms. The maximum absolute atomic E-state index is 12.9. The first-order valence-electron chi connectivity index (χ1n) is 6.90. The van der Waals surface area contributed by atoms with Gasteiger partial charge in [-0.15, -0.1) is 0 Å². The topological polar surface area (TPSA) is 84.5 Å². The normalized spacial score (nSPS) is 22.8. The molecule has 1 aromatic rings. The van der Waals surface area contributed by atoms with Crippen LogP contribution >= 0.6 is 0 Å². The van der Waals surface area contributed by atoms with Crippen LogP contribution in [0.25, 0.3) is 0 Å². The zero-order valence-electron chi connectivity index (χ0n) is 13.0. The summed E-state index contributed by atoms with van der Waals surface area (Å²) >= 11 is 0. The van der Waals surface area contributed by atoms with E-state index in [9.17, 15) is 13.2 Å². The van der Waals surface area contributed by atoms with Gasteiger partial charge >= 0.3 is 6.03 Å². The van der Waals surface area contributed by atoms with Crippen molar-refractivity contribution in [3.05, 3.63) is 40.4 Å². The van der Waals surface area contributed by atoms with Crippen molar-refractivity contribution in [1.82, 2.24) is 10.6 Å². The van der Waals surface area contributed by atoms with E-state index in [1.54, 1.807) is 38.1 Å². The van der Waals surface area contributed by atoms with Gasteiger partial charge in [-0.2, -0.15) is 0 Å². The summed E-state index contributed by atoms with van der Waals surface area (Å²) in [7, 11) is -2.29. The summed E-state index contributed by atoms with van der Waals surface area (Å²) in [6.45, 7) is 5.18. The van der Waals surface area contributed by atoms with Crippen LogP contribution in [0.3, 0.4) is 0 Å². The first-order valence-corrected chi connectivity index (χ1v) is 8.38. The first-order chi connectivity index (χ1) is 10.3. The van der Waals surface area contributed by atoms with Crippen LogP contribution in [-0.2, 0) is 14.6 Å². The molecule has 2 amide bonds. The molecule has 1 aromatic carbocycles.